The van der Waals surface area contributed by atoms with E-state index in [1.54, 1.807) is 45.0 Å². The molecule has 30 heavy (non-hydrogen) atoms. The van der Waals surface area contributed by atoms with E-state index in [9.17, 15) is 18.0 Å². The third-order valence-corrected chi connectivity index (χ3v) is 5.65. The maximum Gasteiger partial charge on any atom is 0.310 e. The maximum absolute atomic E-state index is 12.6. The van der Waals surface area contributed by atoms with E-state index >= 15 is 0 Å². The summed E-state index contributed by atoms with van der Waals surface area (Å²) >= 11 is 0. The van der Waals surface area contributed by atoms with E-state index in [0.717, 1.165) is 5.56 Å². The van der Waals surface area contributed by atoms with Crippen molar-refractivity contribution in [2.45, 2.75) is 38.1 Å². The molecule has 162 valence electrons. The minimum absolute atomic E-state index is 0.115. The number of ether oxygens (including phenoxy) is 2. The first-order chi connectivity index (χ1) is 14.2. The zero-order valence-electron chi connectivity index (χ0n) is 17.4. The Bertz CT molecular complexity index is 1000. The van der Waals surface area contributed by atoms with Crippen LogP contribution in [0.15, 0.2) is 47.4 Å². The van der Waals surface area contributed by atoms with Crippen molar-refractivity contribution >= 4 is 27.6 Å². The van der Waals surface area contributed by atoms with Gasteiger partial charge in [-0.15, -0.1) is 0 Å². The zero-order valence-corrected chi connectivity index (χ0v) is 18.2. The number of rotatable bonds is 9. The molecule has 1 amide bonds. The number of amides is 1. The van der Waals surface area contributed by atoms with Crippen LogP contribution in [0, 0.1) is 0 Å². The van der Waals surface area contributed by atoms with Gasteiger partial charge in [-0.3, -0.25) is 9.59 Å². The fraction of sp³-hybridized carbons (Fsp3) is 0.333. The maximum atomic E-state index is 12.6. The molecule has 0 bridgehead atoms. The van der Waals surface area contributed by atoms with Gasteiger partial charge >= 0.3 is 5.97 Å². The number of hydrogen-bond acceptors (Lipinski definition) is 6. The summed E-state index contributed by atoms with van der Waals surface area (Å²) in [5, 5.41) is 2.71. The Labute approximate surface area is 176 Å². The van der Waals surface area contributed by atoms with Crippen LogP contribution in [0.4, 0.5) is 5.69 Å². The van der Waals surface area contributed by atoms with Gasteiger partial charge in [0.1, 0.15) is 10.6 Å². The van der Waals surface area contributed by atoms with Gasteiger partial charge in [-0.05, 0) is 56.7 Å². The molecule has 2 rings (SSSR count). The molecule has 0 heterocycles. The molecule has 0 radical (unpaired) electrons. The first-order valence-corrected chi connectivity index (χ1v) is 10.9. The van der Waals surface area contributed by atoms with Crippen molar-refractivity contribution in [1.29, 1.82) is 0 Å². The molecule has 0 aromatic heterocycles. The number of anilines is 1. The summed E-state index contributed by atoms with van der Waals surface area (Å²) in [6, 6.07) is 10.6. The van der Waals surface area contributed by atoms with Gasteiger partial charge in [0.2, 0.25) is 10.0 Å². The number of hydrogen-bond donors (Lipinski definition) is 2. The lowest BCUT2D eigenvalue weighted by molar-refractivity contribution is -0.142. The molecule has 9 heteroatoms. The number of carbonyl (C=O) groups excluding carboxylic acids is 2. The molecule has 0 fully saturated rings. The van der Waals surface area contributed by atoms with E-state index in [1.807, 2.05) is 0 Å². The highest BCUT2D eigenvalue weighted by atomic mass is 32.2. The minimum atomic E-state index is -3.85. The number of carbonyl (C=O) groups is 2. The molecule has 0 aliphatic rings. The molecule has 2 aromatic carbocycles. The second-order valence-electron chi connectivity index (χ2n) is 6.77. The lowest BCUT2D eigenvalue weighted by atomic mass is 10.1. The van der Waals surface area contributed by atoms with Gasteiger partial charge in [0.05, 0.1) is 20.1 Å². The first-order valence-electron chi connectivity index (χ1n) is 9.42. The normalized spacial score (nSPS) is 11.2. The summed E-state index contributed by atoms with van der Waals surface area (Å²) in [5.74, 6) is -0.656. The highest BCUT2D eigenvalue weighted by molar-refractivity contribution is 7.89. The van der Waals surface area contributed by atoms with Crippen molar-refractivity contribution in [2.24, 2.45) is 0 Å². The molecule has 8 nitrogen and oxygen atoms in total. The van der Waals surface area contributed by atoms with E-state index in [1.165, 1.54) is 25.3 Å². The molecule has 2 aromatic rings. The quantitative estimate of drug-likeness (QED) is 0.587. The Morgan fingerprint density at radius 3 is 2.30 bits per heavy atom. The first kappa shape index (κ1) is 23.4. The van der Waals surface area contributed by atoms with Crippen molar-refractivity contribution in [1.82, 2.24) is 4.72 Å². The summed E-state index contributed by atoms with van der Waals surface area (Å²) in [4.78, 5) is 24.0. The van der Waals surface area contributed by atoms with E-state index < -0.39 is 15.9 Å². The van der Waals surface area contributed by atoms with Crippen LogP contribution < -0.4 is 14.8 Å². The number of nitrogens with one attached hydrogen (secondary N) is 2. The zero-order chi connectivity index (χ0) is 22.3. The van der Waals surface area contributed by atoms with Crippen LogP contribution in [0.3, 0.4) is 0 Å². The molecule has 0 atom stereocenters. The van der Waals surface area contributed by atoms with Gasteiger partial charge in [-0.1, -0.05) is 12.1 Å². The third kappa shape index (κ3) is 6.30. The van der Waals surface area contributed by atoms with E-state index in [2.05, 4.69) is 10.0 Å². The predicted octanol–water partition coefficient (Wildman–Crippen LogP) is 2.74. The van der Waals surface area contributed by atoms with Crippen molar-refractivity contribution in [3.8, 4) is 5.75 Å². The van der Waals surface area contributed by atoms with Crippen LogP contribution >= 0.6 is 0 Å². The predicted molar refractivity (Wildman–Crippen MR) is 113 cm³/mol. The SMILES string of the molecule is CCOC(=O)Cc1ccc(NC(=O)c2ccc(OC)c(S(=O)(=O)NC(C)C)c2)cc1. The van der Waals surface area contributed by atoms with E-state index in [-0.39, 0.29) is 34.6 Å². The molecular weight excluding hydrogens is 408 g/mol. The number of methoxy groups -OCH3 is 1. The van der Waals surface area contributed by atoms with Crippen LogP contribution in [-0.4, -0.2) is 40.1 Å². The van der Waals surface area contributed by atoms with Gasteiger partial charge < -0.3 is 14.8 Å². The summed E-state index contributed by atoms with van der Waals surface area (Å²) in [6.07, 6.45) is 0.143. The fourth-order valence-corrected chi connectivity index (χ4v) is 4.14. The molecule has 0 spiro atoms. The molecule has 0 saturated heterocycles. The summed E-state index contributed by atoms with van der Waals surface area (Å²) < 4.78 is 37.7. The standard InChI is InChI=1S/C21H26N2O6S/c1-5-29-20(24)12-15-6-9-17(10-7-15)22-21(25)16-8-11-18(28-4)19(13-16)30(26,27)23-14(2)3/h6-11,13-14,23H,5,12H2,1-4H3,(H,22,25). The highest BCUT2D eigenvalue weighted by Gasteiger charge is 2.22. The fourth-order valence-electron chi connectivity index (χ4n) is 2.69. The highest BCUT2D eigenvalue weighted by Crippen LogP contribution is 2.25. The van der Waals surface area contributed by atoms with Gasteiger partial charge in [-0.25, -0.2) is 13.1 Å². The van der Waals surface area contributed by atoms with Crippen molar-refractivity contribution in [2.75, 3.05) is 19.0 Å². The molecule has 0 aliphatic carbocycles. The van der Waals surface area contributed by atoms with E-state index in [0.29, 0.717) is 12.3 Å². The molecule has 0 aliphatic heterocycles. The van der Waals surface area contributed by atoms with Gasteiger partial charge in [-0.2, -0.15) is 0 Å². The largest absolute Gasteiger partial charge is 0.495 e. The van der Waals surface area contributed by atoms with Crippen LogP contribution in [-0.2, 0) is 26.0 Å². The lowest BCUT2D eigenvalue weighted by Gasteiger charge is -2.14. The second kappa shape index (κ2) is 10.2. The summed E-state index contributed by atoms with van der Waals surface area (Å²) in [6.45, 7) is 5.46. The molecule has 2 N–H and O–H groups in total. The average molecular weight is 435 g/mol. The van der Waals surface area contributed by atoms with Gasteiger partial charge in [0.15, 0.2) is 0 Å². The van der Waals surface area contributed by atoms with Gasteiger partial charge in [0, 0.05) is 17.3 Å². The molecule has 0 unspecified atom stereocenters. The lowest BCUT2D eigenvalue weighted by Crippen LogP contribution is -2.30. The van der Waals surface area contributed by atoms with Crippen molar-refractivity contribution < 1.29 is 27.5 Å². The van der Waals surface area contributed by atoms with Crippen LogP contribution in [0.2, 0.25) is 0 Å². The van der Waals surface area contributed by atoms with E-state index in [4.69, 9.17) is 9.47 Å². The van der Waals surface area contributed by atoms with Crippen molar-refractivity contribution in [3.05, 3.63) is 53.6 Å². The molecular formula is C21H26N2O6S. The topological polar surface area (TPSA) is 111 Å². The van der Waals surface area contributed by atoms with Crippen LogP contribution in [0.25, 0.3) is 0 Å². The third-order valence-electron chi connectivity index (χ3n) is 3.97. The second-order valence-corrected chi connectivity index (χ2v) is 8.46. The Hall–Kier alpha value is -2.91. The number of benzene rings is 2. The monoisotopic (exact) mass is 434 g/mol. The number of esters is 1. The summed E-state index contributed by atoms with van der Waals surface area (Å²) in [7, 11) is -2.49. The number of sulfonamides is 1. The smallest absolute Gasteiger partial charge is 0.310 e. The summed E-state index contributed by atoms with van der Waals surface area (Å²) in [5.41, 5.74) is 1.42. The van der Waals surface area contributed by atoms with Gasteiger partial charge in [0.25, 0.3) is 5.91 Å². The van der Waals surface area contributed by atoms with Crippen molar-refractivity contribution in [3.63, 3.8) is 0 Å². The Kier molecular flexibility index (Phi) is 7.96. The minimum Gasteiger partial charge on any atom is -0.495 e. The Balaban J connectivity index is 2.19. The molecule has 0 saturated carbocycles. The average Bonchev–Trinajstić information content (AvgIpc) is 2.68. The Morgan fingerprint density at radius 1 is 1.07 bits per heavy atom. The van der Waals surface area contributed by atoms with Crippen LogP contribution in [0.5, 0.6) is 5.75 Å². The van der Waals surface area contributed by atoms with Crippen LogP contribution in [0.1, 0.15) is 36.7 Å². The Morgan fingerprint density at radius 2 is 1.73 bits per heavy atom.